The fourth-order valence-corrected chi connectivity index (χ4v) is 4.64. The number of hydrogen-bond donors (Lipinski definition) is 0. The summed E-state index contributed by atoms with van der Waals surface area (Å²) in [6, 6.07) is 17.3. The molecule has 0 N–H and O–H groups in total. The SMILES string of the molecule is CCCC(CCCc1ccc(/C(C)=C/C(C(C)=O)=C2/C=NC=CC2)cc1)COc1cccc(CC)c1. The van der Waals surface area contributed by atoms with Crippen LogP contribution in [0.4, 0.5) is 0 Å². The van der Waals surface area contributed by atoms with Crippen LogP contribution in [0.15, 0.2) is 83.0 Å². The fraction of sp³-hybridized carbons (Fsp3) is 0.394. The molecule has 190 valence electrons. The Morgan fingerprint density at radius 2 is 1.86 bits per heavy atom. The number of rotatable bonds is 13. The van der Waals surface area contributed by atoms with Crippen LogP contribution >= 0.6 is 0 Å². The Morgan fingerprint density at radius 3 is 2.53 bits per heavy atom. The van der Waals surface area contributed by atoms with E-state index in [-0.39, 0.29) is 5.78 Å². The fourth-order valence-electron chi connectivity index (χ4n) is 4.64. The Bertz CT molecular complexity index is 1120. The predicted octanol–water partition coefficient (Wildman–Crippen LogP) is 8.34. The van der Waals surface area contributed by atoms with Crippen molar-refractivity contribution < 1.29 is 9.53 Å². The van der Waals surface area contributed by atoms with Crippen LogP contribution in [0.25, 0.3) is 5.57 Å². The molecular weight excluding hydrogens is 442 g/mol. The molecule has 0 fully saturated rings. The molecule has 3 heteroatoms. The smallest absolute Gasteiger partial charge is 0.160 e. The Morgan fingerprint density at radius 1 is 1.06 bits per heavy atom. The van der Waals surface area contributed by atoms with Gasteiger partial charge in [0, 0.05) is 18.0 Å². The largest absolute Gasteiger partial charge is 0.493 e. The van der Waals surface area contributed by atoms with E-state index in [4.69, 9.17) is 4.74 Å². The van der Waals surface area contributed by atoms with Crippen molar-refractivity contribution in [1.82, 2.24) is 0 Å². The molecule has 0 spiro atoms. The molecule has 1 aliphatic rings. The van der Waals surface area contributed by atoms with Crippen molar-refractivity contribution in [3.63, 3.8) is 0 Å². The zero-order valence-corrected chi connectivity index (χ0v) is 22.4. The van der Waals surface area contributed by atoms with Crippen molar-refractivity contribution >= 4 is 17.6 Å². The molecule has 0 bridgehead atoms. The number of aliphatic imine (C=N–C) groups is 1. The molecule has 0 aliphatic carbocycles. The monoisotopic (exact) mass is 483 g/mol. The van der Waals surface area contributed by atoms with Gasteiger partial charge in [0.15, 0.2) is 5.78 Å². The molecule has 1 unspecified atom stereocenters. The van der Waals surface area contributed by atoms with Gasteiger partial charge in [-0.2, -0.15) is 0 Å². The molecular formula is C33H41NO2. The van der Waals surface area contributed by atoms with Crippen molar-refractivity contribution in [2.75, 3.05) is 6.61 Å². The van der Waals surface area contributed by atoms with Crippen molar-refractivity contribution in [2.45, 2.75) is 72.6 Å². The maximum atomic E-state index is 12.2. The van der Waals surface area contributed by atoms with Crippen molar-refractivity contribution in [3.8, 4) is 5.75 Å². The van der Waals surface area contributed by atoms with Crippen LogP contribution in [0, 0.1) is 5.92 Å². The van der Waals surface area contributed by atoms with Crippen LogP contribution in [-0.4, -0.2) is 18.6 Å². The quantitative estimate of drug-likeness (QED) is 0.269. The van der Waals surface area contributed by atoms with Crippen LogP contribution in [-0.2, 0) is 17.6 Å². The molecule has 0 aromatic heterocycles. The highest BCUT2D eigenvalue weighted by molar-refractivity contribution is 6.04. The molecule has 3 nitrogen and oxygen atoms in total. The second-order valence-corrected chi connectivity index (χ2v) is 9.75. The van der Waals surface area contributed by atoms with Gasteiger partial charge in [-0.3, -0.25) is 9.79 Å². The summed E-state index contributed by atoms with van der Waals surface area (Å²) in [4.78, 5) is 16.4. The lowest BCUT2D eigenvalue weighted by atomic mass is 9.94. The van der Waals surface area contributed by atoms with Crippen molar-refractivity contribution in [3.05, 3.63) is 94.7 Å². The summed E-state index contributed by atoms with van der Waals surface area (Å²) < 4.78 is 6.15. The molecule has 0 radical (unpaired) electrons. The first-order valence-electron chi connectivity index (χ1n) is 13.4. The van der Waals surface area contributed by atoms with E-state index in [0.29, 0.717) is 5.92 Å². The third-order valence-electron chi connectivity index (χ3n) is 6.82. The molecule has 0 amide bonds. The molecule has 3 rings (SSSR count). The number of hydrogen-bond acceptors (Lipinski definition) is 3. The normalized spacial score (nSPS) is 15.6. The number of ether oxygens (including phenoxy) is 1. The summed E-state index contributed by atoms with van der Waals surface area (Å²) in [5.74, 6) is 1.65. The van der Waals surface area contributed by atoms with Gasteiger partial charge in [0.05, 0.1) is 6.61 Å². The molecule has 0 saturated heterocycles. The Balaban J connectivity index is 1.54. The van der Waals surface area contributed by atoms with E-state index in [1.54, 1.807) is 19.3 Å². The second-order valence-electron chi connectivity index (χ2n) is 9.75. The summed E-state index contributed by atoms with van der Waals surface area (Å²) in [5, 5.41) is 0. The van der Waals surface area contributed by atoms with E-state index in [1.807, 2.05) is 12.2 Å². The van der Waals surface area contributed by atoms with E-state index >= 15 is 0 Å². The number of carbonyl (C=O) groups excluding carboxylic acids is 1. The molecule has 1 heterocycles. The maximum absolute atomic E-state index is 12.2. The molecule has 0 saturated carbocycles. The number of carbonyl (C=O) groups is 1. The minimum absolute atomic E-state index is 0.0754. The summed E-state index contributed by atoms with van der Waals surface area (Å²) in [5.41, 5.74) is 6.64. The zero-order valence-electron chi connectivity index (χ0n) is 22.4. The standard InChI is InChI=1S/C33H41NO2/c1-5-10-29(24-36-32-15-8-11-27(6-2)22-32)13-7-12-28-16-18-30(19-17-28)25(3)21-33(26(4)35)31-14-9-20-34-23-31/h8-9,11,15-23,29H,5-7,10,12-14,24H2,1-4H3/b25-21+,33-31-. The highest BCUT2D eigenvalue weighted by atomic mass is 16.5. The number of ketones is 1. The van der Waals surface area contributed by atoms with Crippen molar-refractivity contribution in [2.24, 2.45) is 10.9 Å². The predicted molar refractivity (Wildman–Crippen MR) is 153 cm³/mol. The number of allylic oxidation sites excluding steroid dienone is 5. The van der Waals surface area contributed by atoms with E-state index in [9.17, 15) is 4.79 Å². The van der Waals surface area contributed by atoms with E-state index in [2.05, 4.69) is 74.3 Å². The van der Waals surface area contributed by atoms with Gasteiger partial charge in [0.2, 0.25) is 0 Å². The van der Waals surface area contributed by atoms with Gasteiger partial charge in [-0.1, -0.05) is 62.7 Å². The van der Waals surface area contributed by atoms with E-state index in [0.717, 1.165) is 60.3 Å². The van der Waals surface area contributed by atoms with Gasteiger partial charge >= 0.3 is 0 Å². The number of Topliss-reactive ketones (excluding diaryl/α,β-unsaturated/α-hetero) is 1. The molecule has 1 aliphatic heterocycles. The lowest BCUT2D eigenvalue weighted by Gasteiger charge is -2.17. The minimum Gasteiger partial charge on any atom is -0.493 e. The summed E-state index contributed by atoms with van der Waals surface area (Å²) in [6.07, 6.45) is 15.1. The van der Waals surface area contributed by atoms with Gasteiger partial charge in [-0.15, -0.1) is 0 Å². The van der Waals surface area contributed by atoms with Crippen LogP contribution in [0.5, 0.6) is 5.75 Å². The molecule has 2 aromatic rings. The third kappa shape index (κ3) is 8.48. The molecule has 1 atom stereocenters. The van der Waals surface area contributed by atoms with E-state index in [1.165, 1.54) is 30.4 Å². The summed E-state index contributed by atoms with van der Waals surface area (Å²) in [6.45, 7) is 8.91. The Labute approximate surface area is 217 Å². The van der Waals surface area contributed by atoms with Crippen LogP contribution in [0.2, 0.25) is 0 Å². The lowest BCUT2D eigenvalue weighted by Crippen LogP contribution is -2.12. The van der Waals surface area contributed by atoms with Crippen LogP contribution in [0.1, 0.15) is 76.5 Å². The minimum atomic E-state index is 0.0754. The van der Waals surface area contributed by atoms with Gasteiger partial charge in [-0.25, -0.2) is 0 Å². The average Bonchev–Trinajstić information content (AvgIpc) is 2.91. The Hall–Kier alpha value is -3.20. The van der Waals surface area contributed by atoms with Gasteiger partial charge < -0.3 is 4.74 Å². The molecule has 36 heavy (non-hydrogen) atoms. The lowest BCUT2D eigenvalue weighted by molar-refractivity contribution is -0.113. The third-order valence-corrected chi connectivity index (χ3v) is 6.82. The highest BCUT2D eigenvalue weighted by Crippen LogP contribution is 2.23. The summed E-state index contributed by atoms with van der Waals surface area (Å²) in [7, 11) is 0. The first-order valence-corrected chi connectivity index (χ1v) is 13.4. The maximum Gasteiger partial charge on any atom is 0.160 e. The zero-order chi connectivity index (χ0) is 25.8. The Kier molecular flexibility index (Phi) is 10.9. The van der Waals surface area contributed by atoms with Crippen LogP contribution < -0.4 is 4.74 Å². The van der Waals surface area contributed by atoms with Crippen molar-refractivity contribution in [1.29, 1.82) is 0 Å². The topological polar surface area (TPSA) is 38.7 Å². The first-order chi connectivity index (χ1) is 17.5. The van der Waals surface area contributed by atoms with Gasteiger partial charge in [0.25, 0.3) is 0 Å². The van der Waals surface area contributed by atoms with Gasteiger partial charge in [0.1, 0.15) is 5.75 Å². The van der Waals surface area contributed by atoms with Gasteiger partial charge in [-0.05, 0) is 104 Å². The van der Waals surface area contributed by atoms with E-state index < -0.39 is 0 Å². The number of aryl methyl sites for hydroxylation is 2. The van der Waals surface area contributed by atoms with Crippen LogP contribution in [0.3, 0.4) is 0 Å². The highest BCUT2D eigenvalue weighted by Gasteiger charge is 2.11. The number of benzene rings is 2. The first kappa shape index (κ1) is 27.4. The second kappa shape index (κ2) is 14.4. The molecule has 2 aromatic carbocycles. The summed E-state index contributed by atoms with van der Waals surface area (Å²) >= 11 is 0. The average molecular weight is 484 g/mol. The number of nitrogens with zero attached hydrogens (tertiary/aromatic N) is 1.